The van der Waals surface area contributed by atoms with Crippen molar-refractivity contribution in [2.75, 3.05) is 5.43 Å². The number of nitrogens with one attached hydrogen (secondary N) is 2. The lowest BCUT2D eigenvalue weighted by Gasteiger charge is -2.14. The van der Waals surface area contributed by atoms with E-state index in [-0.39, 0.29) is 5.97 Å². The molecule has 0 atom stereocenters. The normalized spacial score (nSPS) is 10.2. The molecule has 0 saturated carbocycles. The zero-order chi connectivity index (χ0) is 15.2. The molecule has 0 amide bonds. The van der Waals surface area contributed by atoms with Crippen LogP contribution in [0.5, 0.6) is 5.75 Å². The Morgan fingerprint density at radius 2 is 1.71 bits per heavy atom. The second-order valence-electron chi connectivity index (χ2n) is 4.97. The quantitative estimate of drug-likeness (QED) is 0.502. The number of anilines is 1. The summed E-state index contributed by atoms with van der Waals surface area (Å²) in [5.74, 6) is 0.294. The highest BCUT2D eigenvalue weighted by Gasteiger charge is 2.07. The van der Waals surface area contributed by atoms with E-state index < -0.39 is 0 Å². The summed E-state index contributed by atoms with van der Waals surface area (Å²) in [4.78, 5) is 11.0. The van der Waals surface area contributed by atoms with Crippen molar-refractivity contribution in [3.8, 4) is 5.75 Å². The molecule has 0 bridgehead atoms. The lowest BCUT2D eigenvalue weighted by Crippen LogP contribution is -2.22. The summed E-state index contributed by atoms with van der Waals surface area (Å²) >= 11 is 0. The van der Waals surface area contributed by atoms with Crippen LogP contribution in [-0.4, -0.2) is 5.97 Å². The molecule has 4 nitrogen and oxygen atoms in total. The predicted octanol–water partition coefficient (Wildman–Crippen LogP) is 3.35. The van der Waals surface area contributed by atoms with Crippen molar-refractivity contribution < 1.29 is 9.53 Å². The van der Waals surface area contributed by atoms with Crippen LogP contribution in [0.3, 0.4) is 0 Å². The SMILES string of the molecule is CC(=O)Oc1cc(C)c(CNNc2ccccc2)c(C)c1. The number of rotatable bonds is 5. The molecule has 0 aromatic heterocycles. The first-order valence-corrected chi connectivity index (χ1v) is 6.88. The molecule has 2 rings (SSSR count). The van der Waals surface area contributed by atoms with E-state index in [4.69, 9.17) is 4.74 Å². The van der Waals surface area contributed by atoms with E-state index in [2.05, 4.69) is 10.9 Å². The molecule has 0 aliphatic heterocycles. The van der Waals surface area contributed by atoms with Crippen LogP contribution in [0, 0.1) is 13.8 Å². The molecule has 4 heteroatoms. The van der Waals surface area contributed by atoms with Gasteiger partial charge in [-0.1, -0.05) is 18.2 Å². The van der Waals surface area contributed by atoms with Gasteiger partial charge < -0.3 is 10.2 Å². The average molecular weight is 284 g/mol. The molecule has 110 valence electrons. The first-order chi connectivity index (χ1) is 10.1. The Bertz CT molecular complexity index is 601. The van der Waals surface area contributed by atoms with Crippen molar-refractivity contribution in [1.29, 1.82) is 0 Å². The van der Waals surface area contributed by atoms with E-state index in [1.165, 1.54) is 12.5 Å². The molecule has 0 aliphatic carbocycles. The van der Waals surface area contributed by atoms with Crippen LogP contribution in [0.2, 0.25) is 0 Å². The summed E-state index contributed by atoms with van der Waals surface area (Å²) in [6, 6.07) is 13.7. The fourth-order valence-electron chi connectivity index (χ4n) is 2.21. The van der Waals surface area contributed by atoms with Gasteiger partial charge in [0.25, 0.3) is 0 Å². The van der Waals surface area contributed by atoms with E-state index in [9.17, 15) is 4.79 Å². The number of aryl methyl sites for hydroxylation is 2. The van der Waals surface area contributed by atoms with Crippen LogP contribution in [0.1, 0.15) is 23.6 Å². The van der Waals surface area contributed by atoms with Crippen molar-refractivity contribution in [2.24, 2.45) is 0 Å². The second-order valence-corrected chi connectivity index (χ2v) is 4.97. The Hall–Kier alpha value is -2.33. The summed E-state index contributed by atoms with van der Waals surface area (Å²) in [6.45, 7) is 6.12. The molecule has 2 aromatic rings. The number of carbonyl (C=O) groups excluding carboxylic acids is 1. The molecular formula is C17H20N2O2. The first kappa shape index (κ1) is 15.1. The number of ether oxygens (including phenoxy) is 1. The fraction of sp³-hybridized carbons (Fsp3) is 0.235. The van der Waals surface area contributed by atoms with Gasteiger partial charge in [0.2, 0.25) is 0 Å². The lowest BCUT2D eigenvalue weighted by molar-refractivity contribution is -0.131. The van der Waals surface area contributed by atoms with Crippen molar-refractivity contribution in [3.63, 3.8) is 0 Å². The topological polar surface area (TPSA) is 50.4 Å². The van der Waals surface area contributed by atoms with E-state index in [0.29, 0.717) is 12.3 Å². The van der Waals surface area contributed by atoms with E-state index in [1.54, 1.807) is 0 Å². The van der Waals surface area contributed by atoms with Crippen LogP contribution >= 0.6 is 0 Å². The molecule has 2 aromatic carbocycles. The molecule has 0 radical (unpaired) electrons. The number of carbonyl (C=O) groups is 1. The van der Waals surface area contributed by atoms with Crippen LogP contribution in [-0.2, 0) is 11.3 Å². The third-order valence-electron chi connectivity index (χ3n) is 3.20. The molecule has 0 aliphatic rings. The molecule has 0 unspecified atom stereocenters. The van der Waals surface area contributed by atoms with Gasteiger partial charge in [-0.25, -0.2) is 5.43 Å². The van der Waals surface area contributed by atoms with E-state index in [1.807, 2.05) is 56.3 Å². The largest absolute Gasteiger partial charge is 0.427 e. The smallest absolute Gasteiger partial charge is 0.308 e. The van der Waals surface area contributed by atoms with Gasteiger partial charge in [-0.15, -0.1) is 0 Å². The van der Waals surface area contributed by atoms with Gasteiger partial charge in [-0.2, -0.15) is 0 Å². The molecule has 0 spiro atoms. The van der Waals surface area contributed by atoms with Gasteiger partial charge >= 0.3 is 5.97 Å². The number of hydrazine groups is 1. The molecule has 21 heavy (non-hydrogen) atoms. The standard InChI is InChI=1S/C17H20N2O2/c1-12-9-16(21-14(3)20)10-13(2)17(12)11-18-19-15-7-5-4-6-8-15/h4-10,18-19H,11H2,1-3H3. The highest BCUT2D eigenvalue weighted by atomic mass is 16.5. The number of para-hydroxylation sites is 1. The second kappa shape index (κ2) is 6.90. The number of esters is 1. The first-order valence-electron chi connectivity index (χ1n) is 6.88. The predicted molar refractivity (Wildman–Crippen MR) is 84.1 cm³/mol. The Balaban J connectivity index is 2.01. The maximum atomic E-state index is 11.0. The maximum Gasteiger partial charge on any atom is 0.308 e. The average Bonchev–Trinajstić information content (AvgIpc) is 2.42. The molecule has 0 heterocycles. The van der Waals surface area contributed by atoms with Crippen LogP contribution in [0.15, 0.2) is 42.5 Å². The van der Waals surface area contributed by atoms with Crippen LogP contribution in [0.25, 0.3) is 0 Å². The Morgan fingerprint density at radius 1 is 1.10 bits per heavy atom. The van der Waals surface area contributed by atoms with Crippen molar-refractivity contribution in [2.45, 2.75) is 27.3 Å². The number of benzene rings is 2. The van der Waals surface area contributed by atoms with Crippen molar-refractivity contribution in [1.82, 2.24) is 5.43 Å². The van der Waals surface area contributed by atoms with Gasteiger partial charge in [-0.3, -0.25) is 4.79 Å². The zero-order valence-corrected chi connectivity index (χ0v) is 12.6. The Kier molecular flexibility index (Phi) is 4.95. The highest BCUT2D eigenvalue weighted by molar-refractivity contribution is 5.69. The monoisotopic (exact) mass is 284 g/mol. The molecular weight excluding hydrogens is 264 g/mol. The molecule has 2 N–H and O–H groups in total. The van der Waals surface area contributed by atoms with E-state index in [0.717, 1.165) is 16.8 Å². The zero-order valence-electron chi connectivity index (χ0n) is 12.6. The molecule has 0 saturated heterocycles. The van der Waals surface area contributed by atoms with Crippen molar-refractivity contribution >= 4 is 11.7 Å². The maximum absolute atomic E-state index is 11.0. The number of hydrogen-bond acceptors (Lipinski definition) is 4. The summed E-state index contributed by atoms with van der Waals surface area (Å²) in [5, 5.41) is 0. The fourth-order valence-corrected chi connectivity index (χ4v) is 2.21. The van der Waals surface area contributed by atoms with Gasteiger partial charge in [0.1, 0.15) is 5.75 Å². The highest BCUT2D eigenvalue weighted by Crippen LogP contribution is 2.22. The van der Waals surface area contributed by atoms with Gasteiger partial charge in [0.15, 0.2) is 0 Å². The minimum atomic E-state index is -0.301. The van der Waals surface area contributed by atoms with Crippen molar-refractivity contribution in [3.05, 3.63) is 59.2 Å². The minimum Gasteiger partial charge on any atom is -0.427 e. The van der Waals surface area contributed by atoms with Gasteiger partial charge in [-0.05, 0) is 54.8 Å². The summed E-state index contributed by atoms with van der Waals surface area (Å²) in [6.07, 6.45) is 0. The minimum absolute atomic E-state index is 0.301. The lowest BCUT2D eigenvalue weighted by atomic mass is 10.0. The summed E-state index contributed by atoms with van der Waals surface area (Å²) < 4.78 is 5.13. The molecule has 0 fully saturated rings. The van der Waals surface area contributed by atoms with Gasteiger partial charge in [0.05, 0.1) is 0 Å². The third-order valence-corrected chi connectivity index (χ3v) is 3.20. The van der Waals surface area contributed by atoms with E-state index >= 15 is 0 Å². The van der Waals surface area contributed by atoms with Gasteiger partial charge in [0, 0.05) is 19.2 Å². The third kappa shape index (κ3) is 4.33. The van der Waals surface area contributed by atoms with Crippen LogP contribution < -0.4 is 15.6 Å². The summed E-state index contributed by atoms with van der Waals surface area (Å²) in [5.41, 5.74) is 10.8. The van der Waals surface area contributed by atoms with Crippen LogP contribution in [0.4, 0.5) is 5.69 Å². The number of hydrogen-bond donors (Lipinski definition) is 2. The Morgan fingerprint density at radius 3 is 2.29 bits per heavy atom. The summed E-state index contributed by atoms with van der Waals surface area (Å²) in [7, 11) is 0. The Labute approximate surface area is 125 Å².